The lowest BCUT2D eigenvalue weighted by Crippen LogP contribution is -2.19. The Morgan fingerprint density at radius 1 is 1.13 bits per heavy atom. The minimum atomic E-state index is -3.93. The number of nitrogens with one attached hydrogen (secondary N) is 1. The van der Waals surface area contributed by atoms with Crippen LogP contribution in [0.4, 0.5) is 5.69 Å². The quantitative estimate of drug-likeness (QED) is 0.876. The highest BCUT2D eigenvalue weighted by Crippen LogP contribution is 2.29. The number of anilines is 1. The zero-order valence-electron chi connectivity index (χ0n) is 13.1. The summed E-state index contributed by atoms with van der Waals surface area (Å²) in [7, 11) is -2.53. The van der Waals surface area contributed by atoms with Crippen LogP contribution in [0, 0.1) is 13.8 Å². The summed E-state index contributed by atoms with van der Waals surface area (Å²) in [5.74, 6) is -0.479. The van der Waals surface area contributed by atoms with E-state index in [-0.39, 0.29) is 21.9 Å². The van der Waals surface area contributed by atoms with Crippen molar-refractivity contribution in [2.75, 3.05) is 11.8 Å². The number of primary amides is 1. The summed E-state index contributed by atoms with van der Waals surface area (Å²) in [5, 5.41) is 0. The number of hydrogen-bond acceptors (Lipinski definition) is 4. The molecule has 0 radical (unpaired) electrons. The zero-order chi connectivity index (χ0) is 17.2. The van der Waals surface area contributed by atoms with Crippen LogP contribution in [0.15, 0.2) is 41.3 Å². The van der Waals surface area contributed by atoms with Gasteiger partial charge < -0.3 is 10.5 Å². The van der Waals surface area contributed by atoms with Crippen molar-refractivity contribution in [1.29, 1.82) is 0 Å². The van der Waals surface area contributed by atoms with Crippen LogP contribution < -0.4 is 15.2 Å². The van der Waals surface area contributed by atoms with E-state index in [9.17, 15) is 13.2 Å². The Morgan fingerprint density at radius 3 is 2.35 bits per heavy atom. The zero-order valence-corrected chi connectivity index (χ0v) is 13.9. The van der Waals surface area contributed by atoms with Gasteiger partial charge in [0, 0.05) is 0 Å². The maximum absolute atomic E-state index is 12.7. The second kappa shape index (κ2) is 6.29. The highest BCUT2D eigenvalue weighted by molar-refractivity contribution is 7.92. The Bertz CT molecular complexity index is 860. The van der Waals surface area contributed by atoms with Gasteiger partial charge in [-0.3, -0.25) is 9.52 Å². The fourth-order valence-electron chi connectivity index (χ4n) is 2.12. The number of aryl methyl sites for hydroxylation is 2. The molecule has 0 saturated carbocycles. The van der Waals surface area contributed by atoms with Gasteiger partial charge in [0.2, 0.25) is 0 Å². The van der Waals surface area contributed by atoms with E-state index < -0.39 is 15.9 Å². The first-order valence-electron chi connectivity index (χ1n) is 6.83. The molecule has 0 heterocycles. The molecule has 1 amide bonds. The minimum Gasteiger partial charge on any atom is -0.495 e. The molecule has 122 valence electrons. The summed E-state index contributed by atoms with van der Waals surface area (Å²) in [6, 6.07) is 9.34. The molecule has 0 unspecified atom stereocenters. The van der Waals surface area contributed by atoms with Crippen LogP contribution in [0.5, 0.6) is 5.75 Å². The van der Waals surface area contributed by atoms with Crippen LogP contribution in [0.3, 0.4) is 0 Å². The standard InChI is InChI=1S/C16H18N2O4S/c1-10-8-14(22-3)15(9-11(10)2)23(20,21)18-13-7-5-4-6-12(13)16(17)19/h4-9,18H,1-3H3,(H2,17,19). The van der Waals surface area contributed by atoms with E-state index in [1.807, 2.05) is 13.8 Å². The third kappa shape index (κ3) is 3.45. The summed E-state index contributed by atoms with van der Waals surface area (Å²) >= 11 is 0. The van der Waals surface area contributed by atoms with E-state index >= 15 is 0 Å². The summed E-state index contributed by atoms with van der Waals surface area (Å²) in [6.07, 6.45) is 0. The molecule has 0 fully saturated rings. The van der Waals surface area contributed by atoms with Gasteiger partial charge in [0.25, 0.3) is 15.9 Å². The number of rotatable bonds is 5. The highest BCUT2D eigenvalue weighted by atomic mass is 32.2. The second-order valence-electron chi connectivity index (χ2n) is 5.10. The Kier molecular flexibility index (Phi) is 4.60. The lowest BCUT2D eigenvalue weighted by molar-refractivity contribution is 0.100. The van der Waals surface area contributed by atoms with E-state index in [1.165, 1.54) is 25.3 Å². The molecule has 2 aromatic carbocycles. The van der Waals surface area contributed by atoms with Crippen molar-refractivity contribution in [3.8, 4) is 5.75 Å². The second-order valence-corrected chi connectivity index (χ2v) is 6.75. The van der Waals surface area contributed by atoms with Crippen molar-refractivity contribution in [1.82, 2.24) is 0 Å². The van der Waals surface area contributed by atoms with Crippen LogP contribution in [0.1, 0.15) is 21.5 Å². The normalized spacial score (nSPS) is 11.1. The first-order chi connectivity index (χ1) is 10.8. The summed E-state index contributed by atoms with van der Waals surface area (Å²) < 4.78 is 32.9. The van der Waals surface area contributed by atoms with Crippen molar-refractivity contribution >= 4 is 21.6 Å². The predicted octanol–water partition coefficient (Wildman–Crippen LogP) is 2.21. The van der Waals surface area contributed by atoms with Gasteiger partial charge in [0.1, 0.15) is 10.6 Å². The SMILES string of the molecule is COc1cc(C)c(C)cc1S(=O)(=O)Nc1ccccc1C(N)=O. The average molecular weight is 334 g/mol. The number of sulfonamides is 1. The number of carbonyl (C=O) groups is 1. The molecule has 2 aromatic rings. The molecule has 0 aliphatic rings. The molecule has 2 rings (SSSR count). The van der Waals surface area contributed by atoms with Crippen molar-refractivity contribution in [3.05, 3.63) is 53.1 Å². The van der Waals surface area contributed by atoms with Crippen LogP contribution in [-0.4, -0.2) is 21.4 Å². The number of carbonyl (C=O) groups excluding carboxylic acids is 1. The highest BCUT2D eigenvalue weighted by Gasteiger charge is 2.22. The summed E-state index contributed by atoms with van der Waals surface area (Å²) in [4.78, 5) is 11.4. The molecule has 0 aliphatic heterocycles. The number of amides is 1. The minimum absolute atomic E-state index is 0.00220. The number of nitrogens with two attached hydrogens (primary N) is 1. The Hall–Kier alpha value is -2.54. The predicted molar refractivity (Wildman–Crippen MR) is 88.2 cm³/mol. The van der Waals surface area contributed by atoms with Gasteiger partial charge in [-0.25, -0.2) is 8.42 Å². The molecule has 6 nitrogen and oxygen atoms in total. The van der Waals surface area contributed by atoms with Crippen LogP contribution in [0.2, 0.25) is 0 Å². The van der Waals surface area contributed by atoms with E-state index in [4.69, 9.17) is 10.5 Å². The number of ether oxygens (including phenoxy) is 1. The van der Waals surface area contributed by atoms with Gasteiger partial charge in [-0.15, -0.1) is 0 Å². The van der Waals surface area contributed by atoms with Gasteiger partial charge in [-0.1, -0.05) is 12.1 Å². The average Bonchev–Trinajstić information content (AvgIpc) is 2.49. The molecule has 0 bridgehead atoms. The lowest BCUT2D eigenvalue weighted by Gasteiger charge is -2.15. The molecule has 3 N–H and O–H groups in total. The van der Waals surface area contributed by atoms with Gasteiger partial charge in [-0.2, -0.15) is 0 Å². The smallest absolute Gasteiger partial charge is 0.265 e. The van der Waals surface area contributed by atoms with Crippen LogP contribution in [0.25, 0.3) is 0 Å². The van der Waals surface area contributed by atoms with Crippen molar-refractivity contribution in [2.45, 2.75) is 18.7 Å². The number of hydrogen-bond donors (Lipinski definition) is 2. The van der Waals surface area contributed by atoms with E-state index in [1.54, 1.807) is 18.2 Å². The number of benzene rings is 2. The third-order valence-electron chi connectivity index (χ3n) is 3.51. The van der Waals surface area contributed by atoms with Crippen molar-refractivity contribution in [2.24, 2.45) is 5.73 Å². The lowest BCUT2D eigenvalue weighted by atomic mass is 10.1. The number of para-hydroxylation sites is 1. The van der Waals surface area contributed by atoms with Crippen LogP contribution >= 0.6 is 0 Å². The maximum Gasteiger partial charge on any atom is 0.265 e. The molecule has 0 aromatic heterocycles. The maximum atomic E-state index is 12.7. The van der Waals surface area contributed by atoms with Crippen LogP contribution in [-0.2, 0) is 10.0 Å². The first kappa shape index (κ1) is 16.8. The molecule has 23 heavy (non-hydrogen) atoms. The molecule has 0 spiro atoms. The molecule has 0 aliphatic carbocycles. The van der Waals surface area contributed by atoms with Gasteiger partial charge in [0.05, 0.1) is 18.4 Å². The molecular formula is C16H18N2O4S. The fourth-order valence-corrected chi connectivity index (χ4v) is 3.44. The third-order valence-corrected chi connectivity index (χ3v) is 4.89. The van der Waals surface area contributed by atoms with Gasteiger partial charge in [-0.05, 0) is 49.2 Å². The summed E-state index contributed by atoms with van der Waals surface area (Å²) in [6.45, 7) is 3.68. The summed E-state index contributed by atoms with van der Waals surface area (Å²) in [5.41, 5.74) is 7.22. The fraction of sp³-hybridized carbons (Fsp3) is 0.188. The van der Waals surface area contributed by atoms with Gasteiger partial charge >= 0.3 is 0 Å². The van der Waals surface area contributed by atoms with E-state index in [0.29, 0.717) is 0 Å². The largest absolute Gasteiger partial charge is 0.495 e. The van der Waals surface area contributed by atoms with Crippen molar-refractivity contribution < 1.29 is 17.9 Å². The molecular weight excluding hydrogens is 316 g/mol. The van der Waals surface area contributed by atoms with E-state index in [2.05, 4.69) is 4.72 Å². The van der Waals surface area contributed by atoms with Crippen molar-refractivity contribution in [3.63, 3.8) is 0 Å². The molecule has 7 heteroatoms. The topological polar surface area (TPSA) is 98.5 Å². The number of methoxy groups -OCH3 is 1. The Balaban J connectivity index is 2.53. The first-order valence-corrected chi connectivity index (χ1v) is 8.31. The Morgan fingerprint density at radius 2 is 1.74 bits per heavy atom. The molecule has 0 atom stereocenters. The van der Waals surface area contributed by atoms with E-state index in [0.717, 1.165) is 11.1 Å². The van der Waals surface area contributed by atoms with Gasteiger partial charge in [0.15, 0.2) is 0 Å². The Labute approximate surface area is 135 Å². The monoisotopic (exact) mass is 334 g/mol. The molecule has 0 saturated heterocycles.